The van der Waals surface area contributed by atoms with Gasteiger partial charge in [-0.1, -0.05) is 44.2 Å². The highest BCUT2D eigenvalue weighted by atomic mass is 16.5. The fourth-order valence-electron chi connectivity index (χ4n) is 3.05. The first kappa shape index (κ1) is 20.1. The van der Waals surface area contributed by atoms with Crippen molar-refractivity contribution < 1.29 is 9.84 Å². The van der Waals surface area contributed by atoms with Crippen molar-refractivity contribution in [3.63, 3.8) is 0 Å². The molecule has 3 atom stereocenters. The molecule has 1 aliphatic heterocycles. The van der Waals surface area contributed by atoms with Gasteiger partial charge in [-0.25, -0.2) is 0 Å². The summed E-state index contributed by atoms with van der Waals surface area (Å²) in [6.07, 6.45) is 15.3. The van der Waals surface area contributed by atoms with Gasteiger partial charge in [-0.15, -0.1) is 0 Å². The molecule has 0 aromatic heterocycles. The summed E-state index contributed by atoms with van der Waals surface area (Å²) in [5, 5.41) is 12.7. The van der Waals surface area contributed by atoms with Gasteiger partial charge < -0.3 is 15.2 Å². The van der Waals surface area contributed by atoms with Crippen LogP contribution >= 0.6 is 0 Å². The predicted molar refractivity (Wildman–Crippen MR) is 109 cm³/mol. The molecule has 0 saturated carbocycles. The fourth-order valence-corrected chi connectivity index (χ4v) is 3.05. The summed E-state index contributed by atoms with van der Waals surface area (Å²) in [4.78, 5) is 0. The van der Waals surface area contributed by atoms with Crippen molar-refractivity contribution in [1.29, 1.82) is 0 Å². The summed E-state index contributed by atoms with van der Waals surface area (Å²) in [6.45, 7) is 7.94. The van der Waals surface area contributed by atoms with E-state index in [-0.39, 0.29) is 6.04 Å². The second kappa shape index (κ2) is 10.0. The molecule has 3 unspecified atom stereocenters. The topological polar surface area (TPSA) is 41.5 Å². The number of hydrogen-bond acceptors (Lipinski definition) is 3. The van der Waals surface area contributed by atoms with Crippen LogP contribution in [0.15, 0.2) is 66.8 Å². The Bertz CT molecular complexity index is 698. The Hall–Kier alpha value is -2.26. The van der Waals surface area contributed by atoms with Gasteiger partial charge in [0.25, 0.3) is 0 Å². The Morgan fingerprint density at radius 3 is 2.65 bits per heavy atom. The molecule has 2 N–H and O–H groups in total. The number of rotatable bonds is 8. The smallest absolute Gasteiger partial charge is 0.0986 e. The highest BCUT2D eigenvalue weighted by Crippen LogP contribution is 2.23. The molecule has 1 aromatic rings. The summed E-state index contributed by atoms with van der Waals surface area (Å²) in [7, 11) is 0. The van der Waals surface area contributed by atoms with Crippen LogP contribution in [0, 0.1) is 5.92 Å². The number of aryl methyl sites for hydroxylation is 1. The Kier molecular flexibility index (Phi) is 7.73. The van der Waals surface area contributed by atoms with Crippen LogP contribution in [0.2, 0.25) is 0 Å². The predicted octanol–water partition coefficient (Wildman–Crippen LogP) is 4.96. The third-order valence-electron chi connectivity index (χ3n) is 4.32. The van der Waals surface area contributed by atoms with E-state index >= 15 is 0 Å². The molecule has 0 aliphatic carbocycles. The lowest BCUT2D eigenvalue weighted by Crippen LogP contribution is -2.15. The maximum atomic E-state index is 9.31. The standard InChI is InChI=1S/C23H31NO2/c1-5-20-14-21(16-22(15-20)23-8-6-7-10-24-23)12-17(2)9-11-26-19(4)13-18(3)25/h6-11,13-18,23-25H,5,12H2,1-4H3/b11-9+,19-13-. The second-order valence-electron chi connectivity index (χ2n) is 6.97. The van der Waals surface area contributed by atoms with Crippen LogP contribution in [-0.4, -0.2) is 11.2 Å². The lowest BCUT2D eigenvalue weighted by Gasteiger charge is -2.19. The number of aliphatic hydroxyl groups excluding tert-OH is 1. The Morgan fingerprint density at radius 1 is 1.23 bits per heavy atom. The normalized spacial score (nSPS) is 19.4. The molecule has 3 heteroatoms. The number of aliphatic hydroxyl groups is 1. The van der Waals surface area contributed by atoms with E-state index in [1.54, 1.807) is 19.3 Å². The van der Waals surface area contributed by atoms with Gasteiger partial charge in [-0.3, -0.25) is 0 Å². The van der Waals surface area contributed by atoms with Gasteiger partial charge >= 0.3 is 0 Å². The Morgan fingerprint density at radius 2 is 2.00 bits per heavy atom. The summed E-state index contributed by atoms with van der Waals surface area (Å²) in [5.41, 5.74) is 4.02. The number of hydrogen-bond donors (Lipinski definition) is 2. The Labute approximate surface area is 157 Å². The van der Waals surface area contributed by atoms with Crippen molar-refractivity contribution in [2.75, 3.05) is 0 Å². The first-order valence-electron chi connectivity index (χ1n) is 9.40. The number of dihydropyridines is 1. The van der Waals surface area contributed by atoms with Gasteiger partial charge in [0.1, 0.15) is 0 Å². The summed E-state index contributed by atoms with van der Waals surface area (Å²) in [5.74, 6) is 1.07. The maximum Gasteiger partial charge on any atom is 0.0986 e. The zero-order chi connectivity index (χ0) is 18.9. The van der Waals surface area contributed by atoms with Crippen LogP contribution in [0.4, 0.5) is 0 Å². The number of allylic oxidation sites excluding steroid dienone is 4. The van der Waals surface area contributed by atoms with Gasteiger partial charge in [0.2, 0.25) is 0 Å². The third-order valence-corrected chi connectivity index (χ3v) is 4.32. The van der Waals surface area contributed by atoms with Gasteiger partial charge in [0, 0.05) is 0 Å². The van der Waals surface area contributed by atoms with E-state index < -0.39 is 6.10 Å². The van der Waals surface area contributed by atoms with Crippen molar-refractivity contribution in [2.24, 2.45) is 5.92 Å². The zero-order valence-electron chi connectivity index (χ0n) is 16.3. The van der Waals surface area contributed by atoms with Crippen LogP contribution < -0.4 is 5.32 Å². The van der Waals surface area contributed by atoms with Crippen molar-refractivity contribution in [1.82, 2.24) is 5.32 Å². The van der Waals surface area contributed by atoms with E-state index in [4.69, 9.17) is 4.74 Å². The van der Waals surface area contributed by atoms with Gasteiger partial charge in [-0.05, 0) is 73.7 Å². The van der Waals surface area contributed by atoms with E-state index in [1.807, 2.05) is 19.2 Å². The van der Waals surface area contributed by atoms with Gasteiger partial charge in [0.05, 0.1) is 24.2 Å². The quantitative estimate of drug-likeness (QED) is 0.649. The molecule has 2 rings (SSSR count). The van der Waals surface area contributed by atoms with Crippen LogP contribution in [0.5, 0.6) is 0 Å². The molecule has 140 valence electrons. The molecule has 3 nitrogen and oxygen atoms in total. The minimum atomic E-state index is -0.492. The van der Waals surface area contributed by atoms with Crippen LogP contribution in [0.1, 0.15) is 50.4 Å². The third kappa shape index (κ3) is 6.57. The molecule has 1 heterocycles. The van der Waals surface area contributed by atoms with Crippen molar-refractivity contribution in [2.45, 2.75) is 52.7 Å². The SMILES string of the molecule is CCc1cc(CC(C)/C=C/O/C(C)=C\C(C)O)cc(C2C=CC=CN2)c1. The van der Waals surface area contributed by atoms with E-state index in [0.717, 1.165) is 12.8 Å². The molecule has 0 radical (unpaired) electrons. The van der Waals surface area contributed by atoms with E-state index in [2.05, 4.69) is 55.6 Å². The van der Waals surface area contributed by atoms with Crippen LogP contribution in [-0.2, 0) is 17.6 Å². The van der Waals surface area contributed by atoms with Gasteiger partial charge in [-0.2, -0.15) is 0 Å². The molecule has 0 saturated heterocycles. The summed E-state index contributed by atoms with van der Waals surface area (Å²) in [6, 6.07) is 7.13. The number of nitrogens with one attached hydrogen (secondary N) is 1. The van der Waals surface area contributed by atoms with Crippen molar-refractivity contribution >= 4 is 0 Å². The molecular weight excluding hydrogens is 322 g/mol. The average Bonchev–Trinajstić information content (AvgIpc) is 2.61. The summed E-state index contributed by atoms with van der Waals surface area (Å²) < 4.78 is 5.52. The van der Waals surface area contributed by atoms with E-state index in [1.165, 1.54) is 16.7 Å². The molecule has 0 spiro atoms. The molecule has 0 amide bonds. The lowest BCUT2D eigenvalue weighted by atomic mass is 9.93. The molecule has 26 heavy (non-hydrogen) atoms. The second-order valence-corrected chi connectivity index (χ2v) is 6.97. The minimum absolute atomic E-state index is 0.243. The Balaban J connectivity index is 2.03. The highest BCUT2D eigenvalue weighted by Gasteiger charge is 2.11. The first-order chi connectivity index (χ1) is 12.5. The number of benzene rings is 1. The molecular formula is C23H31NO2. The molecule has 0 bridgehead atoms. The molecule has 0 fully saturated rings. The van der Waals surface area contributed by atoms with Crippen molar-refractivity contribution in [3.05, 3.63) is 83.5 Å². The molecule has 1 aliphatic rings. The highest BCUT2D eigenvalue weighted by molar-refractivity contribution is 5.36. The first-order valence-corrected chi connectivity index (χ1v) is 9.40. The van der Waals surface area contributed by atoms with Crippen LogP contribution in [0.3, 0.4) is 0 Å². The summed E-state index contributed by atoms with van der Waals surface area (Å²) >= 11 is 0. The monoisotopic (exact) mass is 353 g/mol. The maximum absolute atomic E-state index is 9.31. The van der Waals surface area contributed by atoms with Gasteiger partial charge in [0.15, 0.2) is 0 Å². The molecule has 1 aromatic carbocycles. The largest absolute Gasteiger partial charge is 0.470 e. The lowest BCUT2D eigenvalue weighted by molar-refractivity contribution is 0.234. The van der Waals surface area contributed by atoms with Crippen LogP contribution in [0.25, 0.3) is 0 Å². The minimum Gasteiger partial charge on any atom is -0.470 e. The van der Waals surface area contributed by atoms with E-state index in [0.29, 0.717) is 11.7 Å². The van der Waals surface area contributed by atoms with Crippen molar-refractivity contribution in [3.8, 4) is 0 Å². The zero-order valence-corrected chi connectivity index (χ0v) is 16.3. The average molecular weight is 354 g/mol. The fraction of sp³-hybridized carbons (Fsp3) is 0.391. The number of ether oxygens (including phenoxy) is 1. The van der Waals surface area contributed by atoms with E-state index in [9.17, 15) is 5.11 Å².